The van der Waals surface area contributed by atoms with Crippen molar-refractivity contribution in [1.29, 1.82) is 0 Å². The Morgan fingerprint density at radius 3 is 2.32 bits per heavy atom. The lowest BCUT2D eigenvalue weighted by atomic mass is 10.1. The summed E-state index contributed by atoms with van der Waals surface area (Å²) in [7, 11) is 0. The third kappa shape index (κ3) is 2.72. The molecule has 0 aliphatic heterocycles. The Balaban J connectivity index is 2.35. The largest absolute Gasteiger partial charge is 0.494 e. The topological polar surface area (TPSA) is 53.1 Å². The molecule has 2 rings (SSSR count). The van der Waals surface area contributed by atoms with E-state index >= 15 is 0 Å². The molecule has 1 aromatic heterocycles. The number of anilines is 1. The van der Waals surface area contributed by atoms with Crippen LogP contribution in [0.15, 0.2) is 30.6 Å². The molecule has 0 aliphatic carbocycles. The molecule has 2 aromatic rings. The molecular formula is C15H21N3O. The third-order valence-electron chi connectivity index (χ3n) is 2.97. The number of hydrogen-bond acceptors (Lipinski definition) is 3. The zero-order valence-electron chi connectivity index (χ0n) is 12.0. The molecule has 0 saturated heterocycles. The summed E-state index contributed by atoms with van der Waals surface area (Å²) in [5.74, 6) is 1.55. The molecule has 1 aromatic carbocycles. The van der Waals surface area contributed by atoms with Crippen molar-refractivity contribution in [2.45, 2.75) is 33.2 Å². The first-order chi connectivity index (χ1) is 8.93. The molecule has 19 heavy (non-hydrogen) atoms. The number of hydrogen-bond donors (Lipinski definition) is 1. The fourth-order valence-electron chi connectivity index (χ4n) is 1.99. The van der Waals surface area contributed by atoms with Gasteiger partial charge in [-0.15, -0.1) is 0 Å². The summed E-state index contributed by atoms with van der Waals surface area (Å²) >= 11 is 0. The summed E-state index contributed by atoms with van der Waals surface area (Å²) in [5, 5.41) is 0. The maximum Gasteiger partial charge on any atom is 0.132 e. The van der Waals surface area contributed by atoms with Gasteiger partial charge in [-0.2, -0.15) is 0 Å². The predicted octanol–water partition coefficient (Wildman–Crippen LogP) is 3.29. The molecule has 0 aliphatic rings. The maximum absolute atomic E-state index is 6.19. The molecule has 1 heterocycles. The van der Waals surface area contributed by atoms with Gasteiger partial charge in [0.2, 0.25) is 0 Å². The number of aromatic nitrogens is 2. The van der Waals surface area contributed by atoms with E-state index < -0.39 is 0 Å². The second kappa shape index (κ2) is 4.96. The summed E-state index contributed by atoms with van der Waals surface area (Å²) in [4.78, 5) is 4.43. The van der Waals surface area contributed by atoms with E-state index in [-0.39, 0.29) is 5.54 Å². The van der Waals surface area contributed by atoms with Gasteiger partial charge >= 0.3 is 0 Å². The first kappa shape index (κ1) is 13.5. The van der Waals surface area contributed by atoms with Gasteiger partial charge in [0.1, 0.15) is 17.3 Å². The van der Waals surface area contributed by atoms with E-state index in [1.54, 1.807) is 6.33 Å². The highest BCUT2D eigenvalue weighted by Gasteiger charge is 2.19. The average molecular weight is 259 g/mol. The summed E-state index contributed by atoms with van der Waals surface area (Å²) in [5.41, 5.74) is 7.94. The van der Waals surface area contributed by atoms with Crippen LogP contribution in [0.2, 0.25) is 0 Å². The predicted molar refractivity (Wildman–Crippen MR) is 78.2 cm³/mol. The molecule has 0 amide bonds. The molecule has 102 valence electrons. The van der Waals surface area contributed by atoms with Crippen molar-refractivity contribution in [2.24, 2.45) is 0 Å². The number of nitrogens with two attached hydrogens (primary N) is 1. The number of imidazole rings is 1. The Morgan fingerprint density at radius 1 is 1.21 bits per heavy atom. The second-order valence-electron chi connectivity index (χ2n) is 5.48. The van der Waals surface area contributed by atoms with Crippen LogP contribution in [-0.2, 0) is 5.54 Å². The van der Waals surface area contributed by atoms with Crippen molar-refractivity contribution in [3.63, 3.8) is 0 Å². The first-order valence-corrected chi connectivity index (χ1v) is 6.50. The van der Waals surface area contributed by atoms with Gasteiger partial charge in [-0.25, -0.2) is 4.98 Å². The van der Waals surface area contributed by atoms with E-state index in [0.29, 0.717) is 12.4 Å². The zero-order valence-corrected chi connectivity index (χ0v) is 12.0. The highest BCUT2D eigenvalue weighted by Crippen LogP contribution is 2.29. The minimum absolute atomic E-state index is 0.0689. The molecule has 4 heteroatoms. The van der Waals surface area contributed by atoms with Crippen LogP contribution in [-0.4, -0.2) is 16.2 Å². The van der Waals surface area contributed by atoms with Crippen LogP contribution < -0.4 is 10.5 Å². The SMILES string of the molecule is CCOc1ccc(-c2ncn(C(C)(C)C)c2N)cc1. The summed E-state index contributed by atoms with van der Waals surface area (Å²) in [6.45, 7) is 8.95. The quantitative estimate of drug-likeness (QED) is 0.920. The first-order valence-electron chi connectivity index (χ1n) is 6.50. The van der Waals surface area contributed by atoms with Gasteiger partial charge in [-0.3, -0.25) is 0 Å². The van der Waals surface area contributed by atoms with Gasteiger partial charge < -0.3 is 15.0 Å². The Hall–Kier alpha value is -1.97. The van der Waals surface area contributed by atoms with Crippen molar-refractivity contribution < 1.29 is 4.74 Å². The van der Waals surface area contributed by atoms with E-state index in [1.807, 2.05) is 35.8 Å². The number of nitrogens with zero attached hydrogens (tertiary/aromatic N) is 2. The Morgan fingerprint density at radius 2 is 1.84 bits per heavy atom. The number of ether oxygens (including phenoxy) is 1. The second-order valence-corrected chi connectivity index (χ2v) is 5.48. The zero-order chi connectivity index (χ0) is 14.0. The molecule has 0 spiro atoms. The smallest absolute Gasteiger partial charge is 0.132 e. The monoisotopic (exact) mass is 259 g/mol. The molecule has 4 nitrogen and oxygen atoms in total. The van der Waals surface area contributed by atoms with E-state index in [2.05, 4.69) is 25.8 Å². The van der Waals surface area contributed by atoms with E-state index in [0.717, 1.165) is 17.0 Å². The minimum atomic E-state index is -0.0689. The highest BCUT2D eigenvalue weighted by molar-refractivity contribution is 5.71. The number of rotatable bonds is 3. The van der Waals surface area contributed by atoms with Crippen molar-refractivity contribution in [1.82, 2.24) is 9.55 Å². The van der Waals surface area contributed by atoms with Crippen LogP contribution in [0.1, 0.15) is 27.7 Å². The van der Waals surface area contributed by atoms with E-state index in [4.69, 9.17) is 10.5 Å². The molecular weight excluding hydrogens is 238 g/mol. The number of benzene rings is 1. The van der Waals surface area contributed by atoms with Gasteiger partial charge in [-0.05, 0) is 52.0 Å². The van der Waals surface area contributed by atoms with Gasteiger partial charge in [0.05, 0.1) is 12.9 Å². The Kier molecular flexibility index (Phi) is 3.51. The summed E-state index contributed by atoms with van der Waals surface area (Å²) in [6.07, 6.45) is 1.79. The average Bonchev–Trinajstić information content (AvgIpc) is 2.72. The standard InChI is InChI=1S/C15H21N3O/c1-5-19-12-8-6-11(7-9-12)13-14(16)18(10-17-13)15(2,3)4/h6-10H,5,16H2,1-4H3. The fourth-order valence-corrected chi connectivity index (χ4v) is 1.99. The van der Waals surface area contributed by atoms with Gasteiger partial charge in [0.15, 0.2) is 0 Å². The van der Waals surface area contributed by atoms with Crippen LogP contribution >= 0.6 is 0 Å². The van der Waals surface area contributed by atoms with Crippen LogP contribution in [0.3, 0.4) is 0 Å². The normalized spacial score (nSPS) is 11.6. The third-order valence-corrected chi connectivity index (χ3v) is 2.97. The van der Waals surface area contributed by atoms with Crippen molar-refractivity contribution in [2.75, 3.05) is 12.3 Å². The highest BCUT2D eigenvalue weighted by atomic mass is 16.5. The van der Waals surface area contributed by atoms with Crippen molar-refractivity contribution >= 4 is 5.82 Å². The fraction of sp³-hybridized carbons (Fsp3) is 0.400. The van der Waals surface area contributed by atoms with Crippen LogP contribution in [0.25, 0.3) is 11.3 Å². The van der Waals surface area contributed by atoms with E-state index in [1.165, 1.54) is 0 Å². The molecule has 0 atom stereocenters. The number of nitrogen functional groups attached to an aromatic ring is 1. The lowest BCUT2D eigenvalue weighted by Crippen LogP contribution is -2.22. The minimum Gasteiger partial charge on any atom is -0.494 e. The molecule has 2 N–H and O–H groups in total. The molecule has 0 radical (unpaired) electrons. The molecule has 0 saturated carbocycles. The van der Waals surface area contributed by atoms with Crippen molar-refractivity contribution in [3.8, 4) is 17.0 Å². The van der Waals surface area contributed by atoms with E-state index in [9.17, 15) is 0 Å². The lowest BCUT2D eigenvalue weighted by molar-refractivity contribution is 0.340. The van der Waals surface area contributed by atoms with Gasteiger partial charge in [0.25, 0.3) is 0 Å². The molecule has 0 unspecified atom stereocenters. The maximum atomic E-state index is 6.19. The Bertz CT molecular complexity index is 550. The molecule has 0 fully saturated rings. The van der Waals surface area contributed by atoms with Crippen LogP contribution in [0.4, 0.5) is 5.82 Å². The van der Waals surface area contributed by atoms with Crippen LogP contribution in [0, 0.1) is 0 Å². The Labute approximate surface area is 114 Å². The summed E-state index contributed by atoms with van der Waals surface area (Å²) in [6, 6.07) is 7.84. The van der Waals surface area contributed by atoms with Crippen LogP contribution in [0.5, 0.6) is 5.75 Å². The molecule has 0 bridgehead atoms. The van der Waals surface area contributed by atoms with Gasteiger partial charge in [-0.1, -0.05) is 0 Å². The van der Waals surface area contributed by atoms with Crippen molar-refractivity contribution in [3.05, 3.63) is 30.6 Å². The van der Waals surface area contributed by atoms with Gasteiger partial charge in [0, 0.05) is 11.1 Å². The summed E-state index contributed by atoms with van der Waals surface area (Å²) < 4.78 is 7.41. The lowest BCUT2D eigenvalue weighted by Gasteiger charge is -2.22.